The maximum atomic E-state index is 5.34. The molecule has 1 heterocycles. The van der Waals surface area contributed by atoms with E-state index in [1.165, 1.54) is 25.7 Å². The molecule has 0 aromatic carbocycles. The molecule has 1 saturated carbocycles. The highest BCUT2D eigenvalue weighted by Gasteiger charge is 2.34. The maximum Gasteiger partial charge on any atom is 0.116 e. The van der Waals surface area contributed by atoms with Gasteiger partial charge in [0.05, 0.1) is 0 Å². The van der Waals surface area contributed by atoms with Crippen LogP contribution in [0.4, 0.5) is 0 Å². The highest BCUT2D eigenvalue weighted by atomic mass is 16.7. The molecule has 2 aliphatic rings. The summed E-state index contributed by atoms with van der Waals surface area (Å²) in [6, 6.07) is 0. The molecular formula is C7H11NO. The molecule has 0 radical (unpaired) electrons. The Morgan fingerprint density at radius 3 is 2.67 bits per heavy atom. The molecule has 0 aromatic heterocycles. The third kappa shape index (κ3) is 0.741. The molecule has 0 amide bonds. The van der Waals surface area contributed by atoms with Crippen LogP contribution >= 0.6 is 0 Å². The lowest BCUT2D eigenvalue weighted by atomic mass is 10.0. The van der Waals surface area contributed by atoms with Crippen LogP contribution in [-0.4, -0.2) is 5.60 Å². The first-order valence-corrected chi connectivity index (χ1v) is 3.53. The van der Waals surface area contributed by atoms with Crippen LogP contribution in [0.3, 0.4) is 0 Å². The molecular weight excluding hydrogens is 114 g/mol. The van der Waals surface area contributed by atoms with Crippen molar-refractivity contribution in [1.29, 1.82) is 0 Å². The SMILES string of the molecule is C1=CC2(CCCC2)ON1. The van der Waals surface area contributed by atoms with Crippen LogP contribution in [0, 0.1) is 0 Å². The lowest BCUT2D eigenvalue weighted by Gasteiger charge is -2.17. The van der Waals surface area contributed by atoms with Crippen molar-refractivity contribution >= 4 is 0 Å². The van der Waals surface area contributed by atoms with Crippen molar-refractivity contribution in [2.24, 2.45) is 0 Å². The Hall–Kier alpha value is -0.500. The first kappa shape index (κ1) is 5.30. The molecule has 1 N–H and O–H groups in total. The van der Waals surface area contributed by atoms with Crippen molar-refractivity contribution in [3.63, 3.8) is 0 Å². The second-order valence-corrected chi connectivity index (χ2v) is 2.83. The van der Waals surface area contributed by atoms with E-state index in [4.69, 9.17) is 4.84 Å². The molecule has 0 aromatic rings. The Labute approximate surface area is 54.8 Å². The molecule has 0 atom stereocenters. The summed E-state index contributed by atoms with van der Waals surface area (Å²) in [5, 5.41) is 0. The molecule has 0 saturated heterocycles. The molecule has 1 fully saturated rings. The minimum Gasteiger partial charge on any atom is -0.274 e. The van der Waals surface area contributed by atoms with Crippen LogP contribution < -0.4 is 5.48 Å². The minimum absolute atomic E-state index is 0.0972. The number of hydrogen-bond donors (Lipinski definition) is 1. The summed E-state index contributed by atoms with van der Waals surface area (Å²) in [5.41, 5.74) is 2.87. The van der Waals surface area contributed by atoms with E-state index in [1.54, 1.807) is 0 Å². The van der Waals surface area contributed by atoms with Crippen LogP contribution in [0.25, 0.3) is 0 Å². The van der Waals surface area contributed by atoms with E-state index in [1.807, 2.05) is 6.20 Å². The zero-order valence-electron chi connectivity index (χ0n) is 5.39. The van der Waals surface area contributed by atoms with Gasteiger partial charge in [0, 0.05) is 6.20 Å². The van der Waals surface area contributed by atoms with E-state index in [-0.39, 0.29) is 5.60 Å². The fraction of sp³-hybridized carbons (Fsp3) is 0.714. The Kier molecular flexibility index (Phi) is 1.02. The Balaban J connectivity index is 2.13. The predicted molar refractivity (Wildman–Crippen MR) is 34.6 cm³/mol. The Bertz CT molecular complexity index is 136. The Morgan fingerprint density at radius 2 is 2.11 bits per heavy atom. The van der Waals surface area contributed by atoms with Crippen LogP contribution in [0.1, 0.15) is 25.7 Å². The zero-order chi connectivity index (χ0) is 6.16. The minimum atomic E-state index is 0.0972. The van der Waals surface area contributed by atoms with Gasteiger partial charge in [0.15, 0.2) is 0 Å². The standard InChI is InChI=1S/C7H11NO/c1-2-4-7(3-1)5-6-8-9-7/h5-6,8H,1-4H2. The average Bonchev–Trinajstić information content (AvgIpc) is 2.45. The number of rotatable bonds is 0. The van der Waals surface area contributed by atoms with Gasteiger partial charge in [0.1, 0.15) is 5.60 Å². The second-order valence-electron chi connectivity index (χ2n) is 2.83. The van der Waals surface area contributed by atoms with Gasteiger partial charge in [-0.3, -0.25) is 10.3 Å². The van der Waals surface area contributed by atoms with Crippen molar-refractivity contribution in [3.8, 4) is 0 Å². The number of hydroxylamine groups is 1. The molecule has 50 valence electrons. The van der Waals surface area contributed by atoms with Crippen LogP contribution in [0.15, 0.2) is 12.3 Å². The Morgan fingerprint density at radius 1 is 1.33 bits per heavy atom. The third-order valence-electron chi connectivity index (χ3n) is 2.17. The van der Waals surface area contributed by atoms with Gasteiger partial charge in [-0.05, 0) is 18.9 Å². The summed E-state index contributed by atoms with van der Waals surface area (Å²) in [5.74, 6) is 0. The van der Waals surface area contributed by atoms with E-state index in [9.17, 15) is 0 Å². The first-order chi connectivity index (χ1) is 4.41. The van der Waals surface area contributed by atoms with Gasteiger partial charge < -0.3 is 0 Å². The molecule has 1 aliphatic carbocycles. The van der Waals surface area contributed by atoms with Gasteiger partial charge in [0.2, 0.25) is 0 Å². The van der Waals surface area contributed by atoms with E-state index in [2.05, 4.69) is 11.6 Å². The summed E-state index contributed by atoms with van der Waals surface area (Å²) >= 11 is 0. The topological polar surface area (TPSA) is 21.3 Å². The average molecular weight is 125 g/mol. The van der Waals surface area contributed by atoms with Gasteiger partial charge in [-0.15, -0.1) is 0 Å². The van der Waals surface area contributed by atoms with Gasteiger partial charge in [-0.2, -0.15) is 0 Å². The van der Waals surface area contributed by atoms with Gasteiger partial charge >= 0.3 is 0 Å². The molecule has 9 heavy (non-hydrogen) atoms. The second kappa shape index (κ2) is 1.74. The zero-order valence-corrected chi connectivity index (χ0v) is 5.39. The summed E-state index contributed by atoms with van der Waals surface area (Å²) in [6.45, 7) is 0. The maximum absolute atomic E-state index is 5.34. The molecule has 0 unspecified atom stereocenters. The van der Waals surface area contributed by atoms with Crippen molar-refractivity contribution in [1.82, 2.24) is 5.48 Å². The predicted octanol–water partition coefficient (Wildman–Crippen LogP) is 1.35. The highest BCUT2D eigenvalue weighted by Crippen LogP contribution is 2.35. The molecule has 2 rings (SSSR count). The van der Waals surface area contributed by atoms with Crippen molar-refractivity contribution in [3.05, 3.63) is 12.3 Å². The van der Waals surface area contributed by atoms with Crippen LogP contribution in [-0.2, 0) is 4.84 Å². The van der Waals surface area contributed by atoms with Crippen molar-refractivity contribution in [2.75, 3.05) is 0 Å². The van der Waals surface area contributed by atoms with Gasteiger partial charge in [-0.25, -0.2) is 0 Å². The van der Waals surface area contributed by atoms with Crippen molar-refractivity contribution in [2.45, 2.75) is 31.3 Å². The summed E-state index contributed by atoms with van der Waals surface area (Å²) in [6.07, 6.45) is 9.04. The quantitative estimate of drug-likeness (QED) is 0.527. The molecule has 2 heteroatoms. The lowest BCUT2D eigenvalue weighted by Crippen LogP contribution is -2.24. The smallest absolute Gasteiger partial charge is 0.116 e. The molecule has 1 aliphatic heterocycles. The summed E-state index contributed by atoms with van der Waals surface area (Å²) in [7, 11) is 0. The molecule has 1 spiro atoms. The molecule has 2 nitrogen and oxygen atoms in total. The largest absolute Gasteiger partial charge is 0.274 e. The van der Waals surface area contributed by atoms with E-state index in [0.717, 1.165) is 0 Å². The summed E-state index contributed by atoms with van der Waals surface area (Å²) < 4.78 is 0. The van der Waals surface area contributed by atoms with E-state index >= 15 is 0 Å². The monoisotopic (exact) mass is 125 g/mol. The van der Waals surface area contributed by atoms with Crippen LogP contribution in [0.2, 0.25) is 0 Å². The highest BCUT2D eigenvalue weighted by molar-refractivity contribution is 5.06. The third-order valence-corrected chi connectivity index (χ3v) is 2.17. The van der Waals surface area contributed by atoms with E-state index < -0.39 is 0 Å². The number of nitrogens with one attached hydrogen (secondary N) is 1. The van der Waals surface area contributed by atoms with E-state index in [0.29, 0.717) is 0 Å². The lowest BCUT2D eigenvalue weighted by molar-refractivity contribution is -0.0317. The van der Waals surface area contributed by atoms with Gasteiger partial charge in [0.25, 0.3) is 0 Å². The fourth-order valence-electron chi connectivity index (χ4n) is 1.61. The first-order valence-electron chi connectivity index (χ1n) is 3.53. The fourth-order valence-corrected chi connectivity index (χ4v) is 1.61. The van der Waals surface area contributed by atoms with Crippen LogP contribution in [0.5, 0.6) is 0 Å². The van der Waals surface area contributed by atoms with Crippen molar-refractivity contribution < 1.29 is 4.84 Å². The van der Waals surface area contributed by atoms with Gasteiger partial charge in [-0.1, -0.05) is 12.8 Å². The summed E-state index contributed by atoms with van der Waals surface area (Å²) in [4.78, 5) is 5.34. The normalized spacial score (nSPS) is 29.3. The molecule has 0 bridgehead atoms. The number of hydrogen-bond acceptors (Lipinski definition) is 2.